The average Bonchev–Trinajstić information content (AvgIpc) is 1.94. The first-order chi connectivity index (χ1) is 5.59. The smallest absolute Gasteiger partial charge is 0.0610 e. The maximum atomic E-state index is 5.90. The maximum absolute atomic E-state index is 5.90. The summed E-state index contributed by atoms with van der Waals surface area (Å²) in [4.78, 5) is 0. The Bertz CT molecular complexity index is 317. The van der Waals surface area contributed by atoms with Gasteiger partial charge in [0.1, 0.15) is 0 Å². The zero-order valence-electron chi connectivity index (χ0n) is 5.82. The van der Waals surface area contributed by atoms with Crippen LogP contribution in [-0.2, 0) is 0 Å². The van der Waals surface area contributed by atoms with Gasteiger partial charge in [0, 0.05) is 10.0 Å². The monoisotopic (exact) mass is 328 g/mol. The largest absolute Gasteiger partial charge is 0.0843 e. The minimum atomic E-state index is 0.638. The van der Waals surface area contributed by atoms with Crippen LogP contribution in [0.3, 0.4) is 0 Å². The molecule has 0 saturated carbocycles. The minimum Gasteiger partial charge on any atom is -0.0843 e. The Morgan fingerprint density at radius 1 is 1.25 bits per heavy atom. The third-order valence-electron chi connectivity index (χ3n) is 1.23. The first kappa shape index (κ1) is 10.6. The fraction of sp³-hybridized carbons (Fsp3) is 0. The highest BCUT2D eigenvalue weighted by molar-refractivity contribution is 9.28. The Labute approximate surface area is 97.8 Å². The lowest BCUT2D eigenvalue weighted by Gasteiger charge is -1.98. The van der Waals surface area contributed by atoms with Crippen molar-refractivity contribution in [3.63, 3.8) is 0 Å². The van der Waals surface area contributed by atoms with Gasteiger partial charge < -0.3 is 0 Å². The standard InChI is InChI=1S/C8H4Br2Cl2/c9-8(10)3-5-1-2-6(11)4-7(5)12/h1-4H. The van der Waals surface area contributed by atoms with Crippen LogP contribution < -0.4 is 0 Å². The van der Waals surface area contributed by atoms with E-state index in [9.17, 15) is 0 Å². The molecule has 0 aliphatic rings. The first-order valence-corrected chi connectivity index (χ1v) is 5.41. The molecule has 0 nitrogen and oxygen atoms in total. The summed E-state index contributed by atoms with van der Waals surface area (Å²) in [6.45, 7) is 0. The summed E-state index contributed by atoms with van der Waals surface area (Å²) in [5, 5.41) is 1.28. The normalized spacial score (nSPS) is 9.67. The van der Waals surface area contributed by atoms with Gasteiger partial charge in [-0.15, -0.1) is 0 Å². The van der Waals surface area contributed by atoms with E-state index in [0.29, 0.717) is 10.0 Å². The van der Waals surface area contributed by atoms with Crippen LogP contribution in [0, 0.1) is 0 Å². The predicted octanol–water partition coefficient (Wildman–Crippen LogP) is 5.08. The fourth-order valence-electron chi connectivity index (χ4n) is 0.736. The van der Waals surface area contributed by atoms with Crippen LogP contribution in [0.15, 0.2) is 21.6 Å². The van der Waals surface area contributed by atoms with Gasteiger partial charge in [0.2, 0.25) is 0 Å². The Kier molecular flexibility index (Phi) is 4.11. The lowest BCUT2D eigenvalue weighted by Crippen LogP contribution is -1.74. The van der Waals surface area contributed by atoms with Crippen LogP contribution in [0.1, 0.15) is 5.56 Å². The Balaban J connectivity index is 3.10. The van der Waals surface area contributed by atoms with E-state index in [4.69, 9.17) is 23.2 Å². The van der Waals surface area contributed by atoms with Crippen LogP contribution in [0.4, 0.5) is 0 Å². The van der Waals surface area contributed by atoms with E-state index in [2.05, 4.69) is 31.9 Å². The second-order valence-corrected chi connectivity index (χ2v) is 5.72. The van der Waals surface area contributed by atoms with Crippen LogP contribution in [0.5, 0.6) is 0 Å². The zero-order valence-corrected chi connectivity index (χ0v) is 10.5. The van der Waals surface area contributed by atoms with Gasteiger partial charge in [-0.3, -0.25) is 0 Å². The van der Waals surface area contributed by atoms with E-state index in [1.165, 1.54) is 0 Å². The highest BCUT2D eigenvalue weighted by Crippen LogP contribution is 2.25. The lowest BCUT2D eigenvalue weighted by molar-refractivity contribution is 1.66. The molecule has 0 amide bonds. The first-order valence-electron chi connectivity index (χ1n) is 3.07. The molecule has 0 aliphatic heterocycles. The molecule has 0 spiro atoms. The van der Waals surface area contributed by atoms with E-state index in [1.54, 1.807) is 12.1 Å². The molecule has 0 aliphatic carbocycles. The molecule has 4 heteroatoms. The van der Waals surface area contributed by atoms with E-state index in [0.717, 1.165) is 8.96 Å². The molecule has 0 atom stereocenters. The number of rotatable bonds is 1. The maximum Gasteiger partial charge on any atom is 0.0610 e. The van der Waals surface area contributed by atoms with Crippen molar-refractivity contribution in [2.24, 2.45) is 0 Å². The van der Waals surface area contributed by atoms with Crippen molar-refractivity contribution in [1.29, 1.82) is 0 Å². The van der Waals surface area contributed by atoms with Crippen molar-refractivity contribution in [1.82, 2.24) is 0 Å². The zero-order chi connectivity index (χ0) is 9.14. The summed E-state index contributed by atoms with van der Waals surface area (Å²) in [5.74, 6) is 0. The average molecular weight is 331 g/mol. The number of hydrogen-bond acceptors (Lipinski definition) is 0. The molecular formula is C8H4Br2Cl2. The summed E-state index contributed by atoms with van der Waals surface area (Å²) in [6.07, 6.45) is 1.86. The van der Waals surface area contributed by atoms with Crippen LogP contribution >= 0.6 is 55.1 Å². The molecule has 0 unspecified atom stereocenters. The summed E-state index contributed by atoms with van der Waals surface area (Å²) in [7, 11) is 0. The predicted molar refractivity (Wildman–Crippen MR) is 62.3 cm³/mol. The highest BCUT2D eigenvalue weighted by atomic mass is 79.9. The van der Waals surface area contributed by atoms with E-state index >= 15 is 0 Å². The molecule has 64 valence electrons. The number of hydrogen-bond donors (Lipinski definition) is 0. The van der Waals surface area contributed by atoms with Gasteiger partial charge in [-0.25, -0.2) is 0 Å². The molecule has 0 N–H and O–H groups in total. The fourth-order valence-corrected chi connectivity index (χ4v) is 1.69. The molecule has 12 heavy (non-hydrogen) atoms. The third kappa shape index (κ3) is 3.09. The summed E-state index contributed by atoms with van der Waals surface area (Å²) in [5.41, 5.74) is 0.921. The van der Waals surface area contributed by atoms with Gasteiger partial charge in [-0.2, -0.15) is 0 Å². The summed E-state index contributed by atoms with van der Waals surface area (Å²) < 4.78 is 0.847. The van der Waals surface area contributed by atoms with Gasteiger partial charge in [-0.1, -0.05) is 29.3 Å². The van der Waals surface area contributed by atoms with Crippen LogP contribution in [-0.4, -0.2) is 0 Å². The summed E-state index contributed by atoms with van der Waals surface area (Å²) >= 11 is 18.1. The van der Waals surface area contributed by atoms with E-state index < -0.39 is 0 Å². The number of halogens is 4. The Morgan fingerprint density at radius 2 is 1.92 bits per heavy atom. The molecule has 0 aromatic heterocycles. The molecule has 1 aromatic carbocycles. The second kappa shape index (κ2) is 4.66. The van der Waals surface area contributed by atoms with Crippen molar-refractivity contribution in [3.8, 4) is 0 Å². The third-order valence-corrected chi connectivity index (χ3v) is 2.25. The molecule has 0 saturated heterocycles. The number of benzene rings is 1. The van der Waals surface area contributed by atoms with Gasteiger partial charge in [-0.05, 0) is 55.6 Å². The molecule has 0 fully saturated rings. The SMILES string of the molecule is Clc1ccc(C=C(Br)Br)c(Cl)c1. The molecule has 1 rings (SSSR count). The Morgan fingerprint density at radius 3 is 2.42 bits per heavy atom. The van der Waals surface area contributed by atoms with Crippen molar-refractivity contribution in [2.45, 2.75) is 0 Å². The van der Waals surface area contributed by atoms with Gasteiger partial charge in [0.05, 0.1) is 3.39 Å². The van der Waals surface area contributed by atoms with Crippen molar-refractivity contribution >= 4 is 61.1 Å². The second-order valence-electron chi connectivity index (χ2n) is 2.10. The van der Waals surface area contributed by atoms with Gasteiger partial charge >= 0.3 is 0 Å². The Hall–Kier alpha value is 0.500. The van der Waals surface area contributed by atoms with Crippen LogP contribution in [0.25, 0.3) is 6.08 Å². The van der Waals surface area contributed by atoms with Gasteiger partial charge in [0.15, 0.2) is 0 Å². The van der Waals surface area contributed by atoms with Crippen LogP contribution in [0.2, 0.25) is 10.0 Å². The molecule has 0 heterocycles. The van der Waals surface area contributed by atoms with E-state index in [-0.39, 0.29) is 0 Å². The lowest BCUT2D eigenvalue weighted by atomic mass is 10.2. The molecular weight excluding hydrogens is 327 g/mol. The molecule has 1 aromatic rings. The quantitative estimate of drug-likeness (QED) is 0.673. The van der Waals surface area contributed by atoms with Crippen molar-refractivity contribution < 1.29 is 0 Å². The summed E-state index contributed by atoms with van der Waals surface area (Å²) in [6, 6.07) is 5.35. The van der Waals surface area contributed by atoms with E-state index in [1.807, 2.05) is 12.1 Å². The minimum absolute atomic E-state index is 0.638. The molecule has 0 radical (unpaired) electrons. The van der Waals surface area contributed by atoms with Crippen molar-refractivity contribution in [2.75, 3.05) is 0 Å². The topological polar surface area (TPSA) is 0 Å². The van der Waals surface area contributed by atoms with Gasteiger partial charge in [0.25, 0.3) is 0 Å². The molecule has 0 bridgehead atoms. The van der Waals surface area contributed by atoms with Crippen molar-refractivity contribution in [3.05, 3.63) is 37.2 Å². The highest BCUT2D eigenvalue weighted by Gasteiger charge is 1.97.